The molecule has 1 N–H and O–H groups in total. The first-order chi connectivity index (χ1) is 11.0. The molecule has 23 heavy (non-hydrogen) atoms. The third kappa shape index (κ3) is 3.73. The van der Waals surface area contributed by atoms with Gasteiger partial charge in [-0.3, -0.25) is 4.98 Å². The molecule has 0 saturated heterocycles. The maximum Gasteiger partial charge on any atom is 0.0970 e. The summed E-state index contributed by atoms with van der Waals surface area (Å²) in [5, 5.41) is 10.9. The zero-order chi connectivity index (χ0) is 16.4. The van der Waals surface area contributed by atoms with E-state index in [9.17, 15) is 5.11 Å². The highest BCUT2D eigenvalue weighted by Crippen LogP contribution is 2.41. The van der Waals surface area contributed by atoms with Crippen molar-refractivity contribution in [1.29, 1.82) is 0 Å². The molecule has 1 saturated carbocycles. The second kappa shape index (κ2) is 6.58. The Bertz CT molecular complexity index is 667. The van der Waals surface area contributed by atoms with Gasteiger partial charge in [0, 0.05) is 17.9 Å². The summed E-state index contributed by atoms with van der Waals surface area (Å²) in [6.07, 6.45) is 3.24. The average Bonchev–Trinajstić information content (AvgIpc) is 2.55. The van der Waals surface area contributed by atoms with Crippen molar-refractivity contribution in [3.05, 3.63) is 42.1 Å². The number of aliphatic hydroxyl groups excluding tert-OH is 1. The van der Waals surface area contributed by atoms with Gasteiger partial charge >= 0.3 is 0 Å². The van der Waals surface area contributed by atoms with E-state index in [4.69, 9.17) is 9.72 Å². The third-order valence-corrected chi connectivity index (χ3v) is 5.10. The lowest BCUT2D eigenvalue weighted by molar-refractivity contribution is -0.0874. The van der Waals surface area contributed by atoms with Crippen LogP contribution < -0.4 is 0 Å². The monoisotopic (exact) mass is 313 g/mol. The van der Waals surface area contributed by atoms with E-state index in [1.54, 1.807) is 0 Å². The number of fused-ring (bicyclic) bond motifs is 1. The van der Waals surface area contributed by atoms with Crippen LogP contribution in [0.1, 0.15) is 51.8 Å². The van der Waals surface area contributed by atoms with Gasteiger partial charge in [-0.25, -0.2) is 0 Å². The van der Waals surface area contributed by atoms with E-state index >= 15 is 0 Å². The van der Waals surface area contributed by atoms with Crippen LogP contribution in [-0.2, 0) is 4.74 Å². The quantitative estimate of drug-likeness (QED) is 0.903. The number of aromatic nitrogens is 1. The van der Waals surface area contributed by atoms with Crippen LogP contribution in [0.2, 0.25) is 0 Å². The van der Waals surface area contributed by atoms with E-state index in [1.807, 2.05) is 24.3 Å². The largest absolute Gasteiger partial charge is 0.396 e. The second-order valence-corrected chi connectivity index (χ2v) is 7.60. The molecule has 1 aromatic heterocycles. The second-order valence-electron chi connectivity index (χ2n) is 7.60. The highest BCUT2D eigenvalue weighted by molar-refractivity contribution is 5.78. The van der Waals surface area contributed by atoms with Gasteiger partial charge in [0.15, 0.2) is 0 Å². The molecule has 0 aliphatic heterocycles. The van der Waals surface area contributed by atoms with E-state index < -0.39 is 0 Å². The molecule has 1 aliphatic rings. The van der Waals surface area contributed by atoms with Gasteiger partial charge in [0.05, 0.1) is 23.4 Å². The minimum atomic E-state index is -0.0557. The van der Waals surface area contributed by atoms with E-state index in [2.05, 4.69) is 32.9 Å². The number of benzene rings is 1. The molecule has 1 heterocycles. The Kier molecular flexibility index (Phi) is 4.69. The van der Waals surface area contributed by atoms with Gasteiger partial charge in [-0.05, 0) is 43.7 Å². The SMILES string of the molecule is CC(OC1CCC(C)(C)CC1CO)c1ccc2ccccc2n1. The number of hydrogen-bond acceptors (Lipinski definition) is 3. The molecule has 3 atom stereocenters. The minimum absolute atomic E-state index is 0.0557. The molecule has 124 valence electrons. The molecule has 1 fully saturated rings. The zero-order valence-electron chi connectivity index (χ0n) is 14.3. The minimum Gasteiger partial charge on any atom is -0.396 e. The summed E-state index contributed by atoms with van der Waals surface area (Å²) in [4.78, 5) is 4.73. The Morgan fingerprint density at radius 1 is 1.26 bits per heavy atom. The summed E-state index contributed by atoms with van der Waals surface area (Å²) in [6.45, 7) is 6.82. The molecule has 1 aromatic carbocycles. The van der Waals surface area contributed by atoms with Crippen LogP contribution >= 0.6 is 0 Å². The molecular formula is C20H27NO2. The van der Waals surface area contributed by atoms with Crippen LogP contribution in [0.25, 0.3) is 10.9 Å². The molecule has 0 spiro atoms. The van der Waals surface area contributed by atoms with Gasteiger partial charge in [0.25, 0.3) is 0 Å². The van der Waals surface area contributed by atoms with Crippen molar-refractivity contribution in [1.82, 2.24) is 4.98 Å². The Labute approximate surface area is 138 Å². The fraction of sp³-hybridized carbons (Fsp3) is 0.550. The Hall–Kier alpha value is -1.45. The molecule has 0 radical (unpaired) electrons. The highest BCUT2D eigenvalue weighted by atomic mass is 16.5. The maximum absolute atomic E-state index is 9.72. The van der Waals surface area contributed by atoms with Crippen molar-refractivity contribution >= 4 is 10.9 Å². The number of nitrogens with zero attached hydrogens (tertiary/aromatic N) is 1. The molecule has 0 bridgehead atoms. The van der Waals surface area contributed by atoms with E-state index in [1.165, 1.54) is 0 Å². The third-order valence-electron chi connectivity index (χ3n) is 5.10. The van der Waals surface area contributed by atoms with Crippen LogP contribution in [0.3, 0.4) is 0 Å². The van der Waals surface area contributed by atoms with Crippen LogP contribution in [0, 0.1) is 11.3 Å². The molecule has 0 amide bonds. The average molecular weight is 313 g/mol. The predicted molar refractivity (Wildman–Crippen MR) is 93.2 cm³/mol. The van der Waals surface area contributed by atoms with Crippen molar-refractivity contribution in [2.45, 2.75) is 52.2 Å². The first kappa shape index (κ1) is 16.4. The lowest BCUT2D eigenvalue weighted by atomic mass is 9.71. The molecular weight excluding hydrogens is 286 g/mol. The molecule has 1 aliphatic carbocycles. The molecule has 3 heteroatoms. The lowest BCUT2D eigenvalue weighted by Crippen LogP contribution is -2.37. The number of hydrogen-bond donors (Lipinski definition) is 1. The summed E-state index contributed by atoms with van der Waals surface area (Å²) in [7, 11) is 0. The Morgan fingerprint density at radius 2 is 2.04 bits per heavy atom. The van der Waals surface area contributed by atoms with Crippen molar-refractivity contribution in [3.63, 3.8) is 0 Å². The van der Waals surface area contributed by atoms with Crippen molar-refractivity contribution < 1.29 is 9.84 Å². The molecule has 3 unspecified atom stereocenters. The van der Waals surface area contributed by atoms with E-state index in [-0.39, 0.29) is 24.7 Å². The Balaban J connectivity index is 1.73. The number of aliphatic hydroxyl groups is 1. The van der Waals surface area contributed by atoms with Crippen LogP contribution in [-0.4, -0.2) is 22.8 Å². The molecule has 3 rings (SSSR count). The van der Waals surface area contributed by atoms with Crippen molar-refractivity contribution in [2.24, 2.45) is 11.3 Å². The first-order valence-electron chi connectivity index (χ1n) is 8.60. The summed E-state index contributed by atoms with van der Waals surface area (Å²) in [5.74, 6) is 0.224. The molecule has 2 aromatic rings. The van der Waals surface area contributed by atoms with Crippen molar-refractivity contribution in [2.75, 3.05) is 6.61 Å². The summed E-state index contributed by atoms with van der Waals surface area (Å²) >= 11 is 0. The summed E-state index contributed by atoms with van der Waals surface area (Å²) in [6, 6.07) is 12.3. The van der Waals surface area contributed by atoms with Gasteiger partial charge in [-0.1, -0.05) is 38.1 Å². The number of rotatable bonds is 4. The number of ether oxygens (including phenoxy) is 1. The van der Waals surface area contributed by atoms with Crippen LogP contribution in [0.5, 0.6) is 0 Å². The summed E-state index contributed by atoms with van der Waals surface area (Å²) in [5.41, 5.74) is 2.27. The Morgan fingerprint density at radius 3 is 2.83 bits per heavy atom. The van der Waals surface area contributed by atoms with Gasteiger partial charge in [0.2, 0.25) is 0 Å². The fourth-order valence-electron chi connectivity index (χ4n) is 3.71. The lowest BCUT2D eigenvalue weighted by Gasteiger charge is -2.40. The highest BCUT2D eigenvalue weighted by Gasteiger charge is 2.36. The van der Waals surface area contributed by atoms with Crippen LogP contribution in [0.4, 0.5) is 0 Å². The first-order valence-corrected chi connectivity index (χ1v) is 8.60. The maximum atomic E-state index is 9.72. The normalized spacial score (nSPS) is 25.4. The van der Waals surface area contributed by atoms with Gasteiger partial charge < -0.3 is 9.84 Å². The smallest absolute Gasteiger partial charge is 0.0970 e. The summed E-state index contributed by atoms with van der Waals surface area (Å²) < 4.78 is 6.30. The standard InChI is InChI=1S/C20H27NO2/c1-14(17-9-8-15-6-4-5-7-18(15)21-17)23-19-10-11-20(2,3)12-16(19)13-22/h4-9,14,16,19,22H,10-13H2,1-3H3. The fourth-order valence-corrected chi connectivity index (χ4v) is 3.71. The number of para-hydroxylation sites is 1. The van der Waals surface area contributed by atoms with Gasteiger partial charge in [0.1, 0.15) is 0 Å². The van der Waals surface area contributed by atoms with Gasteiger partial charge in [-0.15, -0.1) is 0 Å². The molecule has 3 nitrogen and oxygen atoms in total. The van der Waals surface area contributed by atoms with Gasteiger partial charge in [-0.2, -0.15) is 0 Å². The topological polar surface area (TPSA) is 42.4 Å². The van der Waals surface area contributed by atoms with E-state index in [0.29, 0.717) is 5.41 Å². The number of pyridine rings is 1. The zero-order valence-corrected chi connectivity index (χ0v) is 14.3. The van der Waals surface area contributed by atoms with Crippen LogP contribution in [0.15, 0.2) is 36.4 Å². The predicted octanol–water partition coefficient (Wildman–Crippen LogP) is 4.50. The van der Waals surface area contributed by atoms with E-state index in [0.717, 1.165) is 35.9 Å². The van der Waals surface area contributed by atoms with Crippen molar-refractivity contribution in [3.8, 4) is 0 Å².